The van der Waals surface area contributed by atoms with Crippen molar-refractivity contribution in [2.75, 3.05) is 110 Å². The molecule has 1 aliphatic rings. The number of sulfonamides is 1. The van der Waals surface area contributed by atoms with Gasteiger partial charge in [0.1, 0.15) is 29.4 Å². The average molecular weight is 1250 g/mol. The van der Waals surface area contributed by atoms with E-state index in [1.54, 1.807) is 70.8 Å². The molecule has 12 N–H and O–H groups in total. The molecule has 1 fully saturated rings. The number of pyridine rings is 1. The Bertz CT molecular complexity index is 3230. The molecule has 5 amide bonds. The second kappa shape index (κ2) is 34.2. The van der Waals surface area contributed by atoms with Crippen molar-refractivity contribution in [1.29, 1.82) is 0 Å². The van der Waals surface area contributed by atoms with Crippen LogP contribution in [0.25, 0.3) is 10.9 Å². The zero-order valence-corrected chi connectivity index (χ0v) is 51.0. The summed E-state index contributed by atoms with van der Waals surface area (Å²) < 4.78 is 36.9. The lowest BCUT2D eigenvalue weighted by Crippen LogP contribution is -2.55. The normalized spacial score (nSPS) is 15.1. The summed E-state index contributed by atoms with van der Waals surface area (Å²) >= 11 is 0. The second-order valence-electron chi connectivity index (χ2n) is 21.3. The van der Waals surface area contributed by atoms with E-state index < -0.39 is 81.7 Å². The van der Waals surface area contributed by atoms with Crippen LogP contribution in [0.4, 0.5) is 5.95 Å². The molecule has 30 nitrogen and oxygen atoms in total. The molecular formula is C57H82N14O16S. The Morgan fingerprint density at radius 3 is 1.84 bits per heavy atom. The van der Waals surface area contributed by atoms with Gasteiger partial charge in [0.25, 0.3) is 5.91 Å². The van der Waals surface area contributed by atoms with Crippen LogP contribution in [0, 0.1) is 13.8 Å². The topological polar surface area (TPSA) is 409 Å². The monoisotopic (exact) mass is 1250 g/mol. The molecule has 88 heavy (non-hydrogen) atoms. The van der Waals surface area contributed by atoms with Crippen LogP contribution in [-0.4, -0.2) is 233 Å². The number of imidazole rings is 1. The summed E-state index contributed by atoms with van der Waals surface area (Å²) in [7, 11) is -2.87. The van der Waals surface area contributed by atoms with Crippen LogP contribution in [0.15, 0.2) is 71.0 Å². The van der Waals surface area contributed by atoms with E-state index in [1.807, 2.05) is 4.90 Å². The Morgan fingerprint density at radius 2 is 1.30 bits per heavy atom. The van der Waals surface area contributed by atoms with Gasteiger partial charge in [-0.1, -0.05) is 26.5 Å². The highest BCUT2D eigenvalue weighted by Gasteiger charge is 2.31. The van der Waals surface area contributed by atoms with Gasteiger partial charge in [0.2, 0.25) is 39.1 Å². The first kappa shape index (κ1) is 70.3. The highest BCUT2D eigenvalue weighted by atomic mass is 32.2. The smallest absolute Gasteiger partial charge is 0.323 e. The number of ether oxygens (including phenoxy) is 1. The van der Waals surface area contributed by atoms with E-state index in [0.717, 1.165) is 5.56 Å². The molecule has 0 spiro atoms. The van der Waals surface area contributed by atoms with Gasteiger partial charge in [-0.2, -0.15) is 4.72 Å². The highest BCUT2D eigenvalue weighted by molar-refractivity contribution is 7.89. The number of carboxylic acids is 3. The number of H-pyrrole nitrogens is 1. The van der Waals surface area contributed by atoms with Crippen LogP contribution < -0.4 is 46.8 Å². The molecule has 0 radical (unpaired) electrons. The predicted octanol–water partition coefficient (Wildman–Crippen LogP) is -0.704. The van der Waals surface area contributed by atoms with Gasteiger partial charge in [-0.15, -0.1) is 0 Å². The van der Waals surface area contributed by atoms with Gasteiger partial charge in [0.15, 0.2) is 5.95 Å². The van der Waals surface area contributed by atoms with Crippen LogP contribution in [0.1, 0.15) is 66.6 Å². The Balaban J connectivity index is 1.04. The minimum atomic E-state index is -4.51. The van der Waals surface area contributed by atoms with E-state index in [1.165, 1.54) is 32.2 Å². The minimum absolute atomic E-state index is 0.0210. The number of carboxylic acid groups (broad SMARTS) is 3. The zero-order chi connectivity index (χ0) is 64.7. The number of hydrogen-bond donors (Lipinski definition) is 12. The number of aromatic nitrogens is 3. The lowest BCUT2D eigenvalue weighted by molar-refractivity contribution is -0.139. The van der Waals surface area contributed by atoms with Gasteiger partial charge in [-0.05, 0) is 74.1 Å². The number of hydrogen-bond acceptors (Lipinski definition) is 19. The van der Waals surface area contributed by atoms with Gasteiger partial charge in [-0.3, -0.25) is 62.8 Å². The van der Waals surface area contributed by atoms with Crippen molar-refractivity contribution < 1.29 is 71.9 Å². The molecule has 3 heterocycles. The molecule has 5 rings (SSSR count). The van der Waals surface area contributed by atoms with Crippen LogP contribution in [0.5, 0.6) is 5.75 Å². The maximum Gasteiger partial charge on any atom is 0.323 e. The lowest BCUT2D eigenvalue weighted by Gasteiger charge is -2.33. The Morgan fingerprint density at radius 1 is 0.727 bits per heavy atom. The summed E-state index contributed by atoms with van der Waals surface area (Å²) in [6, 6.07) is 4.14. The number of fused-ring (bicyclic) bond motifs is 1. The molecule has 1 saturated heterocycles. The summed E-state index contributed by atoms with van der Waals surface area (Å²) in [5, 5.41) is 55.5. The van der Waals surface area contributed by atoms with E-state index in [-0.39, 0.29) is 142 Å². The molecule has 0 bridgehead atoms. The van der Waals surface area contributed by atoms with Crippen molar-refractivity contribution in [1.82, 2.24) is 65.4 Å². The number of nitrogens with one attached hydrogen (secondary N) is 8. The quantitative estimate of drug-likeness (QED) is 0.0212. The highest BCUT2D eigenvalue weighted by Crippen LogP contribution is 2.26. The van der Waals surface area contributed by atoms with Gasteiger partial charge in [0.05, 0.1) is 49.0 Å². The van der Waals surface area contributed by atoms with Crippen LogP contribution in [-0.2, 0) is 57.2 Å². The molecule has 4 aromatic rings. The number of rotatable bonds is 32. The molecule has 0 saturated carbocycles. The van der Waals surface area contributed by atoms with E-state index in [4.69, 9.17) is 4.74 Å². The average Bonchev–Trinajstić information content (AvgIpc) is 2.78. The summed E-state index contributed by atoms with van der Waals surface area (Å²) in [5.74, 6) is -5.82. The molecule has 2 unspecified atom stereocenters. The molecule has 31 heteroatoms. The maximum atomic E-state index is 13.7. The Kier molecular flexibility index (Phi) is 27.3. The van der Waals surface area contributed by atoms with Gasteiger partial charge in [-0.25, -0.2) is 13.4 Å². The van der Waals surface area contributed by atoms with Crippen molar-refractivity contribution in [3.05, 3.63) is 93.7 Å². The van der Waals surface area contributed by atoms with E-state index in [0.29, 0.717) is 44.2 Å². The van der Waals surface area contributed by atoms with Crippen molar-refractivity contribution in [3.8, 4) is 5.75 Å². The predicted molar refractivity (Wildman–Crippen MR) is 323 cm³/mol. The third-order valence-electron chi connectivity index (χ3n) is 14.3. The van der Waals surface area contributed by atoms with Crippen molar-refractivity contribution in [2.24, 2.45) is 7.05 Å². The first-order valence-corrected chi connectivity index (χ1v) is 30.2. The molecule has 0 aliphatic carbocycles. The molecule has 3 atom stereocenters. The molecular weight excluding hydrogens is 1170 g/mol. The van der Waals surface area contributed by atoms with Crippen LogP contribution in [0.2, 0.25) is 0 Å². The number of anilines is 1. The number of nitrogens with zero attached hydrogens (tertiary/aromatic N) is 6. The lowest BCUT2D eigenvalue weighted by atomic mass is 10.1. The fourth-order valence-electron chi connectivity index (χ4n) is 9.78. The second-order valence-corrected chi connectivity index (χ2v) is 22.9. The fraction of sp³-hybridized carbons (Fsp3) is 0.509. The van der Waals surface area contributed by atoms with E-state index in [9.17, 15) is 72.0 Å². The largest absolute Gasteiger partial charge is 0.512 e. The number of carbonyl (C=O) groups excluding carboxylic acids is 5. The third-order valence-corrected chi connectivity index (χ3v) is 16.1. The zero-order valence-electron chi connectivity index (χ0n) is 50.2. The van der Waals surface area contributed by atoms with Crippen molar-refractivity contribution in [3.63, 3.8) is 0 Å². The SMILES string of the molecule is C=C(O)CN1CCN(CC(=O)O)CCN(CC(=O)N[C@@H](CC)C(=O)NC(CC)C(=O)NCCNC(=O)CCCOc2cc(C)c(S(=O)(=O)NC(CNC(=O)c3cn(C)c4cc(CNc5ncc[nH]5)ccc4c3=O)C(=O)O)c(C)c2)CCN(CC(=O)O)CC1. The molecule has 2 aromatic heterocycles. The van der Waals surface area contributed by atoms with Gasteiger partial charge in [0, 0.05) is 116 Å². The van der Waals surface area contributed by atoms with E-state index in [2.05, 4.69) is 53.2 Å². The number of aryl methyl sites for hydroxylation is 3. The Labute approximate surface area is 509 Å². The summed E-state index contributed by atoms with van der Waals surface area (Å²) in [5.41, 5.74) is 0.920. The van der Waals surface area contributed by atoms with Crippen molar-refractivity contribution in [2.45, 2.75) is 82.9 Å². The third kappa shape index (κ3) is 22.3. The molecule has 482 valence electrons. The number of amides is 5. The van der Waals surface area contributed by atoms with Crippen LogP contribution in [0.3, 0.4) is 0 Å². The number of aliphatic hydroxyl groups excluding tert-OH is 1. The summed E-state index contributed by atoms with van der Waals surface area (Å²) in [6.07, 6.45) is 5.24. The number of aliphatic hydroxyl groups is 1. The maximum absolute atomic E-state index is 13.7. The minimum Gasteiger partial charge on any atom is -0.512 e. The molecule has 1 aliphatic heterocycles. The number of carbonyl (C=O) groups is 8. The first-order valence-electron chi connectivity index (χ1n) is 28.7. The standard InChI is InChI=1S/C57H82N14O16S/c1-7-43(65-55(82)44(8-2)64-48(74)33-69-19-23-70(34-49(75)76)21-17-68(31-38(5)72)18-22-71(24-20-69)35-50(77)78)54(81)59-14-13-58-47(73)10-9-25-87-40-26-36(3)52(37(4)27-40)88(85,86)66-45(56(83)84)30-62-53(80)42-32-67(6)46-28-39(11-12-41(46)51(42)79)29-63-57-60-15-16-61-57/h11-12,15-16,26-28,32,43-45,66,72H,5,7-10,13-14,17-25,29-31,33-35H2,1-4,6H3,(H,58,73)(H,59,81)(H,62,80)(H,64,74)(H,65,82)(H,75,76)(H,77,78)(H,83,84)(H2,60,61,63)/t43?,44-,45?/m0/s1. The summed E-state index contributed by atoms with van der Waals surface area (Å²) in [4.78, 5) is 129. The van der Waals surface area contributed by atoms with Gasteiger partial charge >= 0.3 is 17.9 Å². The number of aromatic amines is 1. The summed E-state index contributed by atoms with van der Waals surface area (Å²) in [6.45, 7) is 11.4. The van der Waals surface area contributed by atoms with Gasteiger partial charge < -0.3 is 66.6 Å². The number of benzene rings is 2. The van der Waals surface area contributed by atoms with E-state index >= 15 is 0 Å². The van der Waals surface area contributed by atoms with Crippen molar-refractivity contribution >= 4 is 74.3 Å². The van der Waals surface area contributed by atoms with Crippen LogP contribution >= 0.6 is 0 Å². The molecule has 2 aromatic carbocycles. The Hall–Kier alpha value is -8.49. The fourth-order valence-corrected chi connectivity index (χ4v) is 11.4. The number of aliphatic carboxylic acids is 3. The first-order chi connectivity index (χ1) is 41.8.